The molecule has 2 unspecified atom stereocenters. The highest BCUT2D eigenvalue weighted by Gasteiger charge is 2.54. The molecule has 1 aliphatic carbocycles. The number of nitrogens with two attached hydrogens (primary N) is 1. The van der Waals surface area contributed by atoms with Crippen LogP contribution in [0.25, 0.3) is 0 Å². The molecule has 2 aliphatic heterocycles. The Morgan fingerprint density at radius 3 is 2.70 bits per heavy atom. The Hall–Kier alpha value is -3.59. The second-order valence-corrected chi connectivity index (χ2v) is 11.1. The van der Waals surface area contributed by atoms with Crippen LogP contribution in [0.3, 0.4) is 0 Å². The molecule has 2 amide bonds. The maximum absolute atomic E-state index is 13.2. The van der Waals surface area contributed by atoms with Gasteiger partial charge in [-0.05, 0) is 38.2 Å². The molecule has 1 saturated heterocycles. The number of ether oxygens (including phenoxy) is 3. The highest BCUT2D eigenvalue weighted by molar-refractivity contribution is 8.00. The van der Waals surface area contributed by atoms with Gasteiger partial charge in [0.2, 0.25) is 6.29 Å². The lowest BCUT2D eigenvalue weighted by atomic mass is 9.98. The van der Waals surface area contributed by atoms with Gasteiger partial charge in [-0.2, -0.15) is 0 Å². The summed E-state index contributed by atoms with van der Waals surface area (Å²) in [4.78, 5) is 61.9. The van der Waals surface area contributed by atoms with Crippen LogP contribution in [0, 0.1) is 0 Å². The number of amides is 2. The Kier molecular flexibility index (Phi) is 9.68. The van der Waals surface area contributed by atoms with E-state index in [9.17, 15) is 19.2 Å². The lowest BCUT2D eigenvalue weighted by Crippen LogP contribution is -2.71. The number of nitrogen functional groups attached to an aromatic ring is 1. The van der Waals surface area contributed by atoms with Gasteiger partial charge in [0.05, 0.1) is 0 Å². The first-order chi connectivity index (χ1) is 19.2. The topological polar surface area (TPSA) is 172 Å². The molecule has 3 heterocycles. The summed E-state index contributed by atoms with van der Waals surface area (Å²) >= 11 is 2.47. The van der Waals surface area contributed by atoms with Crippen molar-refractivity contribution in [3.8, 4) is 0 Å². The summed E-state index contributed by atoms with van der Waals surface area (Å²) in [5.74, 6) is -1.75. The maximum atomic E-state index is 13.2. The van der Waals surface area contributed by atoms with Crippen molar-refractivity contribution in [3.05, 3.63) is 35.0 Å². The number of hydrogen-bond acceptors (Lipinski definition) is 13. The molecular weight excluding hydrogens is 562 g/mol. The van der Waals surface area contributed by atoms with Crippen molar-refractivity contribution in [1.29, 1.82) is 0 Å². The van der Waals surface area contributed by atoms with E-state index in [1.807, 2.05) is 0 Å². The zero-order valence-electron chi connectivity index (χ0n) is 22.1. The Balaban J connectivity index is 1.40. The molecule has 1 saturated carbocycles. The number of rotatable bonds is 10. The normalized spacial score (nSPS) is 22.0. The molecule has 1 aromatic rings. The predicted molar refractivity (Wildman–Crippen MR) is 147 cm³/mol. The fourth-order valence-electron chi connectivity index (χ4n) is 4.44. The standard InChI is InChI=1S/C25H31N5O8S2/c1-4-14-11-39-22-18(28-20(31)17(29-35-5-2)16-12-40-24(26)27-16)21(32)30(22)19(14)23(33)36-13(3)37-25(34)38-15-9-7-6-8-10-15/h4,12-13,15,18,22H,1,5-11H2,2-3H3,(H2,26,27)(H,28,31)/t13?,18?,22-/m1/s1. The number of carbonyl (C=O) groups excluding carboxylic acids is 4. The monoisotopic (exact) mass is 593 g/mol. The van der Waals surface area contributed by atoms with Gasteiger partial charge in [-0.15, -0.1) is 23.1 Å². The van der Waals surface area contributed by atoms with E-state index < -0.39 is 41.6 Å². The molecule has 3 atom stereocenters. The first-order valence-corrected chi connectivity index (χ1v) is 14.8. The third-order valence-electron chi connectivity index (χ3n) is 6.34. The number of carbonyl (C=O) groups is 4. The third kappa shape index (κ3) is 6.58. The highest BCUT2D eigenvalue weighted by atomic mass is 32.2. The van der Waals surface area contributed by atoms with E-state index >= 15 is 0 Å². The molecule has 0 spiro atoms. The van der Waals surface area contributed by atoms with E-state index in [0.29, 0.717) is 11.3 Å². The van der Waals surface area contributed by atoms with Crippen LogP contribution >= 0.6 is 23.1 Å². The first kappa shape index (κ1) is 29.4. The van der Waals surface area contributed by atoms with Crippen molar-refractivity contribution in [2.45, 2.75) is 69.8 Å². The van der Waals surface area contributed by atoms with Crippen LogP contribution in [0.5, 0.6) is 0 Å². The summed E-state index contributed by atoms with van der Waals surface area (Å²) in [6.07, 6.45) is 3.66. The Bertz CT molecular complexity index is 1230. The van der Waals surface area contributed by atoms with Crippen molar-refractivity contribution in [3.63, 3.8) is 0 Å². The summed E-state index contributed by atoms with van der Waals surface area (Å²) in [5, 5.41) is 7.70. The Morgan fingerprint density at radius 2 is 2.05 bits per heavy atom. The number of esters is 1. The van der Waals surface area contributed by atoms with Crippen LogP contribution in [0.4, 0.5) is 9.93 Å². The molecule has 0 aromatic carbocycles. The molecule has 13 nitrogen and oxygen atoms in total. The minimum atomic E-state index is -1.26. The SMILES string of the molecule is C=CC1=C(C(=O)OC(C)OC(=O)OC2CCCCC2)N2C(=O)C(NC(=O)C(=NOCC)c3csc(N)n3)[C@H]2SC1. The van der Waals surface area contributed by atoms with Crippen LogP contribution in [-0.4, -0.2) is 75.7 Å². The number of aromatic nitrogens is 1. The highest BCUT2D eigenvalue weighted by Crippen LogP contribution is 2.41. The molecular formula is C25H31N5O8S2. The van der Waals surface area contributed by atoms with E-state index in [1.54, 1.807) is 12.3 Å². The minimum Gasteiger partial charge on any atom is -0.431 e. The number of nitrogens with one attached hydrogen (secondary N) is 1. The predicted octanol–water partition coefficient (Wildman–Crippen LogP) is 2.68. The van der Waals surface area contributed by atoms with Crippen molar-refractivity contribution >= 4 is 57.9 Å². The number of hydrogen-bond donors (Lipinski definition) is 2. The van der Waals surface area contributed by atoms with Gasteiger partial charge in [-0.3, -0.25) is 14.5 Å². The van der Waals surface area contributed by atoms with Gasteiger partial charge in [0.25, 0.3) is 11.8 Å². The molecule has 0 radical (unpaired) electrons. The fourth-order valence-corrected chi connectivity index (χ4v) is 6.33. The minimum absolute atomic E-state index is 0.0270. The lowest BCUT2D eigenvalue weighted by molar-refractivity contribution is -0.169. The molecule has 0 bridgehead atoms. The number of thioether (sulfide) groups is 1. The molecule has 3 N–H and O–H groups in total. The van der Waals surface area contributed by atoms with Crippen LogP contribution in [0.2, 0.25) is 0 Å². The van der Waals surface area contributed by atoms with E-state index in [-0.39, 0.29) is 34.9 Å². The average molecular weight is 594 g/mol. The summed E-state index contributed by atoms with van der Waals surface area (Å²) in [6, 6.07) is -0.950. The van der Waals surface area contributed by atoms with Gasteiger partial charge < -0.3 is 30.1 Å². The van der Waals surface area contributed by atoms with Crippen LogP contribution in [0.1, 0.15) is 51.6 Å². The summed E-state index contributed by atoms with van der Waals surface area (Å²) in [5.41, 5.74) is 6.21. The quantitative estimate of drug-likeness (QED) is 0.134. The lowest BCUT2D eigenvalue weighted by Gasteiger charge is -2.49. The van der Waals surface area contributed by atoms with Crippen molar-refractivity contribution in [2.24, 2.45) is 5.16 Å². The molecule has 216 valence electrons. The van der Waals surface area contributed by atoms with Gasteiger partial charge in [-0.1, -0.05) is 24.2 Å². The number of β-lactam (4-membered cyclic amide) rings is 1. The van der Waals surface area contributed by atoms with Crippen LogP contribution in [0.15, 0.2) is 34.5 Å². The van der Waals surface area contributed by atoms with E-state index in [0.717, 1.165) is 43.4 Å². The smallest absolute Gasteiger partial charge is 0.431 e. The zero-order valence-corrected chi connectivity index (χ0v) is 23.8. The van der Waals surface area contributed by atoms with Crippen molar-refractivity contribution in [1.82, 2.24) is 15.2 Å². The van der Waals surface area contributed by atoms with E-state index in [1.165, 1.54) is 29.7 Å². The summed E-state index contributed by atoms with van der Waals surface area (Å²) < 4.78 is 15.7. The second kappa shape index (κ2) is 13.2. The number of nitrogens with zero attached hydrogens (tertiary/aromatic N) is 3. The van der Waals surface area contributed by atoms with Crippen molar-refractivity contribution in [2.75, 3.05) is 18.1 Å². The van der Waals surface area contributed by atoms with Gasteiger partial charge in [0.1, 0.15) is 35.5 Å². The fraction of sp³-hybridized carbons (Fsp3) is 0.520. The number of thiazole rings is 1. The Labute approximate surface area is 239 Å². The maximum Gasteiger partial charge on any atom is 0.511 e. The number of fused-ring (bicyclic) bond motifs is 1. The van der Waals surface area contributed by atoms with Gasteiger partial charge in [-0.25, -0.2) is 14.6 Å². The zero-order chi connectivity index (χ0) is 28.8. The first-order valence-electron chi connectivity index (χ1n) is 12.8. The Morgan fingerprint density at radius 1 is 1.30 bits per heavy atom. The molecule has 15 heteroatoms. The van der Waals surface area contributed by atoms with Crippen molar-refractivity contribution < 1.29 is 38.2 Å². The molecule has 40 heavy (non-hydrogen) atoms. The molecule has 3 aliphatic rings. The van der Waals surface area contributed by atoms with Gasteiger partial charge in [0, 0.05) is 18.1 Å². The molecule has 4 rings (SSSR count). The summed E-state index contributed by atoms with van der Waals surface area (Å²) in [6.45, 7) is 7.04. The molecule has 1 aromatic heterocycles. The van der Waals surface area contributed by atoms with Gasteiger partial charge in [0.15, 0.2) is 10.8 Å². The third-order valence-corrected chi connectivity index (χ3v) is 8.32. The van der Waals surface area contributed by atoms with Crippen LogP contribution < -0.4 is 11.1 Å². The number of oxime groups is 1. The summed E-state index contributed by atoms with van der Waals surface area (Å²) in [7, 11) is 0. The van der Waals surface area contributed by atoms with Crippen LogP contribution in [-0.2, 0) is 33.4 Å². The number of allylic oxidation sites excluding steroid dienone is 1. The second-order valence-electron chi connectivity index (χ2n) is 9.09. The van der Waals surface area contributed by atoms with Gasteiger partial charge >= 0.3 is 12.1 Å². The van der Waals surface area contributed by atoms with E-state index in [4.69, 9.17) is 24.8 Å². The number of anilines is 1. The largest absolute Gasteiger partial charge is 0.511 e. The van der Waals surface area contributed by atoms with E-state index in [2.05, 4.69) is 22.0 Å². The molecule has 2 fully saturated rings. The average Bonchev–Trinajstić information content (AvgIpc) is 3.36.